The number of nitrogens with zero attached hydrogens (tertiary/aromatic N) is 1. The van der Waals surface area contributed by atoms with Crippen molar-refractivity contribution in [3.8, 4) is 0 Å². The predicted molar refractivity (Wildman–Crippen MR) is 177 cm³/mol. The monoisotopic (exact) mass is 623 g/mol. The van der Waals surface area contributed by atoms with Crippen LogP contribution in [0.25, 0.3) is 0 Å². The number of carbonyl (C=O) groups is 4. The van der Waals surface area contributed by atoms with Gasteiger partial charge in [-0.15, -0.1) is 0 Å². The van der Waals surface area contributed by atoms with Crippen molar-refractivity contribution in [1.82, 2.24) is 15.5 Å². The zero-order valence-electron chi connectivity index (χ0n) is 28.6. The van der Waals surface area contributed by atoms with Crippen molar-refractivity contribution < 1.29 is 28.7 Å². The molecule has 0 spiro atoms. The number of carbonyl (C=O) groups excluding carboxylic acids is 4. The van der Waals surface area contributed by atoms with E-state index in [4.69, 9.17) is 9.47 Å². The molecule has 2 aromatic carbocycles. The highest BCUT2D eigenvalue weighted by Crippen LogP contribution is 2.27. The third-order valence-electron chi connectivity index (χ3n) is 6.93. The van der Waals surface area contributed by atoms with Crippen LogP contribution in [0.2, 0.25) is 0 Å². The molecule has 9 heteroatoms. The van der Waals surface area contributed by atoms with Crippen molar-refractivity contribution in [1.29, 1.82) is 0 Å². The molecule has 2 aromatic rings. The Kier molecular flexibility index (Phi) is 14.1. The Morgan fingerprint density at radius 3 is 2.07 bits per heavy atom. The lowest BCUT2D eigenvalue weighted by atomic mass is 9.96. The van der Waals surface area contributed by atoms with Crippen molar-refractivity contribution in [2.24, 2.45) is 0 Å². The van der Waals surface area contributed by atoms with Crippen LogP contribution in [0.3, 0.4) is 0 Å². The summed E-state index contributed by atoms with van der Waals surface area (Å²) in [5.74, 6) is -1.50. The molecule has 0 bridgehead atoms. The molecule has 2 unspecified atom stereocenters. The summed E-state index contributed by atoms with van der Waals surface area (Å²) in [6.45, 7) is 16.5. The van der Waals surface area contributed by atoms with Crippen LogP contribution in [0.4, 0.5) is 4.79 Å². The van der Waals surface area contributed by atoms with E-state index in [-0.39, 0.29) is 19.5 Å². The number of amides is 3. The highest BCUT2D eigenvalue weighted by atomic mass is 16.6. The minimum absolute atomic E-state index is 0.214. The van der Waals surface area contributed by atoms with E-state index < -0.39 is 47.2 Å². The second-order valence-corrected chi connectivity index (χ2v) is 13.6. The number of aryl methyl sites for hydroxylation is 2. The minimum Gasteiger partial charge on any atom is -0.458 e. The Bertz CT molecular complexity index is 1280. The van der Waals surface area contributed by atoms with Gasteiger partial charge in [0.05, 0.1) is 0 Å². The van der Waals surface area contributed by atoms with Crippen molar-refractivity contribution in [2.75, 3.05) is 13.1 Å². The second kappa shape index (κ2) is 17.0. The van der Waals surface area contributed by atoms with Crippen molar-refractivity contribution >= 4 is 23.9 Å². The van der Waals surface area contributed by atoms with Gasteiger partial charge in [-0.3, -0.25) is 9.59 Å². The number of benzene rings is 2. The Morgan fingerprint density at radius 2 is 1.49 bits per heavy atom. The summed E-state index contributed by atoms with van der Waals surface area (Å²) in [5, 5.41) is 5.49. The molecule has 0 saturated carbocycles. The van der Waals surface area contributed by atoms with E-state index in [0.717, 1.165) is 36.0 Å². The number of hydrogen-bond acceptors (Lipinski definition) is 6. The van der Waals surface area contributed by atoms with Gasteiger partial charge in [-0.05, 0) is 78.5 Å². The smallest absolute Gasteiger partial charge is 0.408 e. The molecule has 2 atom stereocenters. The third-order valence-corrected chi connectivity index (χ3v) is 6.93. The van der Waals surface area contributed by atoms with Gasteiger partial charge in [0.25, 0.3) is 0 Å². The average molecular weight is 624 g/mol. The van der Waals surface area contributed by atoms with Gasteiger partial charge in [0.1, 0.15) is 29.8 Å². The first-order valence-electron chi connectivity index (χ1n) is 15.9. The maximum atomic E-state index is 14.4. The minimum atomic E-state index is -1.05. The Hall–Kier alpha value is -3.88. The van der Waals surface area contributed by atoms with E-state index in [1.807, 2.05) is 62.4 Å². The van der Waals surface area contributed by atoms with Crippen LogP contribution in [0.15, 0.2) is 48.5 Å². The first-order chi connectivity index (χ1) is 21.0. The quantitative estimate of drug-likeness (QED) is 0.187. The molecule has 0 aliphatic heterocycles. The van der Waals surface area contributed by atoms with Gasteiger partial charge in [0.2, 0.25) is 11.8 Å². The molecule has 3 amide bonds. The van der Waals surface area contributed by atoms with Crippen molar-refractivity contribution in [3.05, 3.63) is 70.8 Å². The molecule has 248 valence electrons. The van der Waals surface area contributed by atoms with Gasteiger partial charge in [-0.2, -0.15) is 0 Å². The summed E-state index contributed by atoms with van der Waals surface area (Å²) in [7, 11) is 0. The number of ether oxygens (including phenoxy) is 2. The molecule has 0 aliphatic rings. The van der Waals surface area contributed by atoms with Crippen LogP contribution in [-0.2, 0) is 30.3 Å². The van der Waals surface area contributed by atoms with Gasteiger partial charge >= 0.3 is 12.1 Å². The average Bonchev–Trinajstić information content (AvgIpc) is 2.92. The molecule has 0 saturated heterocycles. The van der Waals surface area contributed by atoms with E-state index in [1.165, 1.54) is 4.90 Å². The summed E-state index contributed by atoms with van der Waals surface area (Å²) in [6.07, 6.45) is 3.02. The van der Waals surface area contributed by atoms with E-state index >= 15 is 0 Å². The number of alkyl carbamates (subject to hydrolysis) is 1. The highest BCUT2D eigenvalue weighted by Gasteiger charge is 2.36. The predicted octanol–water partition coefficient (Wildman–Crippen LogP) is 6.35. The molecule has 0 heterocycles. The van der Waals surface area contributed by atoms with Gasteiger partial charge in [0.15, 0.2) is 0 Å². The van der Waals surface area contributed by atoms with E-state index in [1.54, 1.807) is 41.5 Å². The Labute approximate surface area is 269 Å². The highest BCUT2D eigenvalue weighted by molar-refractivity contribution is 5.93. The first-order valence-corrected chi connectivity index (χ1v) is 15.9. The van der Waals surface area contributed by atoms with E-state index in [2.05, 4.69) is 17.6 Å². The summed E-state index contributed by atoms with van der Waals surface area (Å²) in [4.78, 5) is 55.6. The third kappa shape index (κ3) is 13.3. The number of hydrogen-bond donors (Lipinski definition) is 2. The Morgan fingerprint density at radius 1 is 0.844 bits per heavy atom. The lowest BCUT2D eigenvalue weighted by Crippen LogP contribution is -2.52. The fourth-order valence-corrected chi connectivity index (χ4v) is 4.92. The number of nitrogens with one attached hydrogen (secondary N) is 2. The van der Waals surface area contributed by atoms with Crippen LogP contribution in [0, 0.1) is 13.8 Å². The van der Waals surface area contributed by atoms with E-state index in [0.29, 0.717) is 12.0 Å². The van der Waals surface area contributed by atoms with Gasteiger partial charge in [-0.25, -0.2) is 9.59 Å². The lowest BCUT2D eigenvalue weighted by Gasteiger charge is -2.34. The molecule has 2 N–H and O–H groups in total. The standard InChI is InChI=1S/C36H53N3O6/c1-10-11-12-16-21-39(30(40)24-37-34(43)45-36(7,8)9)31(28-20-19-25(2)22-26(28)3)32(41)38-29(33(42)44-35(4,5)6)23-27-17-14-13-15-18-27/h13-15,17-20,22,29,31H,10-12,16,21,23-24H2,1-9H3,(H,37,43)(H,38,41). The molecule has 0 aromatic heterocycles. The van der Waals surface area contributed by atoms with Gasteiger partial charge < -0.3 is 25.0 Å². The second-order valence-electron chi connectivity index (χ2n) is 13.6. The molecular weight excluding hydrogens is 570 g/mol. The van der Waals surface area contributed by atoms with Crippen LogP contribution in [-0.4, -0.2) is 59.1 Å². The summed E-state index contributed by atoms with van der Waals surface area (Å²) in [5.41, 5.74) is 1.84. The molecule has 45 heavy (non-hydrogen) atoms. The van der Waals surface area contributed by atoms with E-state index in [9.17, 15) is 19.2 Å². The fourth-order valence-electron chi connectivity index (χ4n) is 4.92. The largest absolute Gasteiger partial charge is 0.458 e. The van der Waals surface area contributed by atoms with Crippen molar-refractivity contribution in [2.45, 2.75) is 118 Å². The normalized spacial score (nSPS) is 12.9. The molecule has 0 radical (unpaired) electrons. The zero-order chi connectivity index (χ0) is 33.8. The molecule has 2 rings (SSSR count). The molecular formula is C36H53N3O6. The molecule has 0 fully saturated rings. The van der Waals surface area contributed by atoms with Crippen molar-refractivity contribution in [3.63, 3.8) is 0 Å². The molecule has 9 nitrogen and oxygen atoms in total. The van der Waals surface area contributed by atoms with Crippen LogP contribution >= 0.6 is 0 Å². The number of rotatable bonds is 14. The summed E-state index contributed by atoms with van der Waals surface area (Å²) < 4.78 is 11.0. The first kappa shape index (κ1) is 37.3. The van der Waals surface area contributed by atoms with Gasteiger partial charge in [0, 0.05) is 13.0 Å². The maximum absolute atomic E-state index is 14.4. The Balaban J connectivity index is 2.52. The zero-order valence-corrected chi connectivity index (χ0v) is 28.6. The number of unbranched alkanes of at least 4 members (excludes halogenated alkanes) is 3. The topological polar surface area (TPSA) is 114 Å². The summed E-state index contributed by atoms with van der Waals surface area (Å²) >= 11 is 0. The SMILES string of the molecule is CCCCCCN(C(=O)CNC(=O)OC(C)(C)C)C(C(=O)NC(Cc1ccccc1)C(=O)OC(C)(C)C)c1ccc(C)cc1C. The van der Waals surface area contributed by atoms with Gasteiger partial charge in [-0.1, -0.05) is 80.3 Å². The summed E-state index contributed by atoms with van der Waals surface area (Å²) in [6, 6.07) is 13.1. The lowest BCUT2D eigenvalue weighted by molar-refractivity contribution is -0.159. The van der Waals surface area contributed by atoms with Crippen LogP contribution < -0.4 is 10.6 Å². The maximum Gasteiger partial charge on any atom is 0.408 e. The van der Waals surface area contributed by atoms with Crippen LogP contribution in [0.5, 0.6) is 0 Å². The number of esters is 1. The fraction of sp³-hybridized carbons (Fsp3) is 0.556. The van der Waals surface area contributed by atoms with Crippen LogP contribution in [0.1, 0.15) is 102 Å². The molecule has 0 aliphatic carbocycles.